The summed E-state index contributed by atoms with van der Waals surface area (Å²) in [6.07, 6.45) is 4.51. The third-order valence-corrected chi connectivity index (χ3v) is 3.86. The number of rotatable bonds is 7. The Morgan fingerprint density at radius 3 is 2.95 bits per heavy atom. The smallest absolute Gasteiger partial charge is 0.147 e. The van der Waals surface area contributed by atoms with E-state index in [-0.39, 0.29) is 0 Å². The second kappa shape index (κ2) is 7.81. The van der Waals surface area contributed by atoms with Crippen LogP contribution in [-0.2, 0) is 11.3 Å². The van der Waals surface area contributed by atoms with Crippen LogP contribution in [0, 0.1) is 0 Å². The molecule has 1 aliphatic heterocycles. The lowest BCUT2D eigenvalue weighted by Gasteiger charge is -2.26. The minimum atomic E-state index is 0.314. The second-order valence-electron chi connectivity index (χ2n) is 5.10. The van der Waals surface area contributed by atoms with Crippen LogP contribution in [0.15, 0.2) is 12.3 Å². The fourth-order valence-electron chi connectivity index (χ4n) is 2.47. The highest BCUT2D eigenvalue weighted by atomic mass is 35.5. The molecule has 2 rings (SSSR count). The molecule has 2 heterocycles. The summed E-state index contributed by atoms with van der Waals surface area (Å²) in [5.74, 6) is 0.866. The van der Waals surface area contributed by atoms with Gasteiger partial charge in [-0.2, -0.15) is 0 Å². The van der Waals surface area contributed by atoms with Gasteiger partial charge in [-0.05, 0) is 37.9 Å². The van der Waals surface area contributed by atoms with Crippen molar-refractivity contribution >= 4 is 17.4 Å². The Hall–Kier alpha value is -0.840. The summed E-state index contributed by atoms with van der Waals surface area (Å²) in [6, 6.07) is 2.00. The number of nitrogens with zero attached hydrogens (tertiary/aromatic N) is 2. The van der Waals surface area contributed by atoms with Crippen LogP contribution in [0.5, 0.6) is 0 Å². The number of aromatic nitrogens is 1. The maximum atomic E-state index is 6.39. The molecule has 0 saturated carbocycles. The van der Waals surface area contributed by atoms with Crippen LogP contribution in [0.25, 0.3) is 0 Å². The van der Waals surface area contributed by atoms with Crippen LogP contribution in [0.1, 0.15) is 32.3 Å². The lowest BCUT2D eigenvalue weighted by molar-refractivity contribution is 0.115. The molecule has 0 radical (unpaired) electrons. The molecule has 0 aromatic carbocycles. The van der Waals surface area contributed by atoms with E-state index >= 15 is 0 Å². The lowest BCUT2D eigenvalue weighted by Crippen LogP contribution is -2.32. The number of ether oxygens (including phenoxy) is 1. The summed E-state index contributed by atoms with van der Waals surface area (Å²) < 4.78 is 5.70. The number of halogens is 1. The number of hydrogen-bond donors (Lipinski definition) is 1. The SMILES string of the molecule is CCNCc1cnc(N(CC)CC2CCCO2)c(Cl)c1. The molecule has 1 fully saturated rings. The minimum Gasteiger partial charge on any atom is -0.376 e. The zero-order valence-electron chi connectivity index (χ0n) is 12.4. The van der Waals surface area contributed by atoms with Crippen molar-refractivity contribution in [2.75, 3.05) is 31.1 Å². The van der Waals surface area contributed by atoms with Gasteiger partial charge < -0.3 is 15.0 Å². The predicted molar refractivity (Wildman–Crippen MR) is 83.5 cm³/mol. The van der Waals surface area contributed by atoms with E-state index in [1.54, 1.807) is 0 Å². The molecule has 1 N–H and O–H groups in total. The lowest BCUT2D eigenvalue weighted by atomic mass is 10.2. The molecule has 20 heavy (non-hydrogen) atoms. The van der Waals surface area contributed by atoms with Gasteiger partial charge in [-0.1, -0.05) is 18.5 Å². The molecule has 0 spiro atoms. The van der Waals surface area contributed by atoms with Crippen LogP contribution < -0.4 is 10.2 Å². The number of pyridine rings is 1. The maximum absolute atomic E-state index is 6.39. The van der Waals surface area contributed by atoms with Crippen LogP contribution in [0.4, 0.5) is 5.82 Å². The highest BCUT2D eigenvalue weighted by Crippen LogP contribution is 2.25. The third kappa shape index (κ3) is 4.08. The van der Waals surface area contributed by atoms with Gasteiger partial charge in [0.2, 0.25) is 0 Å². The quantitative estimate of drug-likeness (QED) is 0.840. The summed E-state index contributed by atoms with van der Waals surface area (Å²) in [6.45, 7) is 8.60. The van der Waals surface area contributed by atoms with E-state index in [9.17, 15) is 0 Å². The molecule has 1 saturated heterocycles. The van der Waals surface area contributed by atoms with Crippen molar-refractivity contribution in [3.8, 4) is 0 Å². The van der Waals surface area contributed by atoms with E-state index in [4.69, 9.17) is 16.3 Å². The fourth-order valence-corrected chi connectivity index (χ4v) is 2.78. The predicted octanol–water partition coefficient (Wildman–Crippen LogP) is 2.85. The van der Waals surface area contributed by atoms with Crippen molar-refractivity contribution in [3.05, 3.63) is 22.8 Å². The van der Waals surface area contributed by atoms with E-state index in [0.29, 0.717) is 6.10 Å². The van der Waals surface area contributed by atoms with Gasteiger partial charge in [-0.15, -0.1) is 0 Å². The zero-order valence-corrected chi connectivity index (χ0v) is 13.1. The van der Waals surface area contributed by atoms with Crippen molar-refractivity contribution in [3.63, 3.8) is 0 Å². The van der Waals surface area contributed by atoms with Crippen molar-refractivity contribution in [2.24, 2.45) is 0 Å². The summed E-state index contributed by atoms with van der Waals surface area (Å²) in [5, 5.41) is 4.00. The average Bonchev–Trinajstić information content (AvgIpc) is 2.96. The average molecular weight is 298 g/mol. The molecular formula is C15H24ClN3O. The molecule has 1 aromatic heterocycles. The van der Waals surface area contributed by atoms with Gasteiger partial charge in [-0.3, -0.25) is 0 Å². The Bertz CT molecular complexity index is 422. The van der Waals surface area contributed by atoms with Crippen LogP contribution in [0.2, 0.25) is 5.02 Å². The van der Waals surface area contributed by atoms with Crippen LogP contribution in [-0.4, -0.2) is 37.3 Å². The number of anilines is 1. The van der Waals surface area contributed by atoms with Gasteiger partial charge in [0.05, 0.1) is 11.1 Å². The van der Waals surface area contributed by atoms with Crippen LogP contribution in [0.3, 0.4) is 0 Å². The molecule has 0 amide bonds. The Balaban J connectivity index is 2.04. The third-order valence-electron chi connectivity index (χ3n) is 3.59. The Morgan fingerprint density at radius 1 is 1.50 bits per heavy atom. The minimum absolute atomic E-state index is 0.314. The Morgan fingerprint density at radius 2 is 2.35 bits per heavy atom. The van der Waals surface area contributed by atoms with Gasteiger partial charge >= 0.3 is 0 Å². The van der Waals surface area contributed by atoms with Gasteiger partial charge in [0, 0.05) is 32.4 Å². The topological polar surface area (TPSA) is 37.4 Å². The summed E-state index contributed by atoms with van der Waals surface area (Å²) in [4.78, 5) is 6.75. The summed E-state index contributed by atoms with van der Waals surface area (Å²) >= 11 is 6.39. The molecule has 1 atom stereocenters. The van der Waals surface area contributed by atoms with Gasteiger partial charge in [0.25, 0.3) is 0 Å². The number of hydrogen-bond acceptors (Lipinski definition) is 4. The molecule has 5 heteroatoms. The largest absolute Gasteiger partial charge is 0.376 e. The first kappa shape index (κ1) is 15.5. The van der Waals surface area contributed by atoms with Crippen molar-refractivity contribution in [2.45, 2.75) is 39.3 Å². The molecule has 1 aromatic rings. The Labute approximate surface area is 126 Å². The first-order chi connectivity index (χ1) is 9.74. The number of nitrogens with one attached hydrogen (secondary N) is 1. The molecule has 4 nitrogen and oxygen atoms in total. The molecule has 0 aliphatic carbocycles. The van der Waals surface area contributed by atoms with Gasteiger partial charge in [0.15, 0.2) is 0 Å². The highest BCUT2D eigenvalue weighted by molar-refractivity contribution is 6.33. The maximum Gasteiger partial charge on any atom is 0.147 e. The van der Waals surface area contributed by atoms with E-state index in [1.807, 2.05) is 12.3 Å². The molecule has 1 aliphatic rings. The molecule has 1 unspecified atom stereocenters. The highest BCUT2D eigenvalue weighted by Gasteiger charge is 2.20. The Kier molecular flexibility index (Phi) is 6.07. The van der Waals surface area contributed by atoms with E-state index in [0.717, 1.165) is 62.0 Å². The first-order valence-electron chi connectivity index (χ1n) is 7.46. The van der Waals surface area contributed by atoms with E-state index < -0.39 is 0 Å². The standard InChI is InChI=1S/C15H24ClN3O/c1-3-17-9-12-8-14(16)15(18-10-12)19(4-2)11-13-6-5-7-20-13/h8,10,13,17H,3-7,9,11H2,1-2H3. The summed E-state index contributed by atoms with van der Waals surface area (Å²) in [7, 11) is 0. The number of likely N-dealkylation sites (N-methyl/N-ethyl adjacent to an activating group) is 1. The van der Waals surface area contributed by atoms with E-state index in [1.165, 1.54) is 0 Å². The van der Waals surface area contributed by atoms with E-state index in [2.05, 4.69) is 29.0 Å². The molecule has 112 valence electrons. The fraction of sp³-hybridized carbons (Fsp3) is 0.667. The summed E-state index contributed by atoms with van der Waals surface area (Å²) in [5.41, 5.74) is 1.12. The molecular weight excluding hydrogens is 274 g/mol. The normalized spacial score (nSPS) is 18.4. The first-order valence-corrected chi connectivity index (χ1v) is 7.84. The van der Waals surface area contributed by atoms with Gasteiger partial charge in [0.1, 0.15) is 5.82 Å². The second-order valence-corrected chi connectivity index (χ2v) is 5.51. The van der Waals surface area contributed by atoms with Crippen molar-refractivity contribution in [1.29, 1.82) is 0 Å². The van der Waals surface area contributed by atoms with Crippen LogP contribution >= 0.6 is 11.6 Å². The van der Waals surface area contributed by atoms with Gasteiger partial charge in [-0.25, -0.2) is 4.98 Å². The van der Waals surface area contributed by atoms with Crippen molar-refractivity contribution in [1.82, 2.24) is 10.3 Å². The monoisotopic (exact) mass is 297 g/mol. The van der Waals surface area contributed by atoms with Crippen molar-refractivity contribution < 1.29 is 4.74 Å². The zero-order chi connectivity index (χ0) is 14.4. The molecule has 0 bridgehead atoms.